The number of rotatable bonds is 5. The third kappa shape index (κ3) is 4.20. The van der Waals surface area contributed by atoms with Crippen molar-refractivity contribution in [3.63, 3.8) is 0 Å². The highest BCUT2D eigenvalue weighted by atomic mass is 19.1. The van der Waals surface area contributed by atoms with Crippen LogP contribution in [0.5, 0.6) is 0 Å². The molecule has 0 aromatic heterocycles. The van der Waals surface area contributed by atoms with Gasteiger partial charge >= 0.3 is 6.09 Å². The number of nitrogens with one attached hydrogen (secondary N) is 2. The van der Waals surface area contributed by atoms with Gasteiger partial charge < -0.3 is 15.0 Å². The number of hydroxylamine groups is 1. The zero-order valence-electron chi connectivity index (χ0n) is 13.3. The lowest BCUT2D eigenvalue weighted by Gasteiger charge is -2.24. The van der Waals surface area contributed by atoms with Crippen molar-refractivity contribution >= 4 is 23.9 Å². The van der Waals surface area contributed by atoms with Crippen molar-refractivity contribution in [3.05, 3.63) is 23.8 Å². The molecule has 1 aromatic rings. The molecule has 2 heterocycles. The molecule has 3 rings (SSSR count). The van der Waals surface area contributed by atoms with E-state index in [0.717, 1.165) is 17.0 Å². The van der Waals surface area contributed by atoms with Gasteiger partial charge in [0.25, 0.3) is 0 Å². The Kier molecular flexibility index (Phi) is 6.70. The second kappa shape index (κ2) is 8.77. The molecule has 8 nitrogen and oxygen atoms in total. The number of carbonyl (C=O) groups excluding carboxylic acids is 2. The Labute approximate surface area is 150 Å². The quantitative estimate of drug-likeness (QED) is 0.751. The van der Waals surface area contributed by atoms with Gasteiger partial charge in [-0.25, -0.2) is 19.1 Å². The molecule has 2 saturated heterocycles. The van der Waals surface area contributed by atoms with E-state index in [1.807, 2.05) is 0 Å². The van der Waals surface area contributed by atoms with Crippen molar-refractivity contribution in [2.45, 2.75) is 13.5 Å². The summed E-state index contributed by atoms with van der Waals surface area (Å²) in [6.45, 7) is 1.69. The third-order valence-electron chi connectivity index (χ3n) is 3.98. The number of halogens is 2. The highest BCUT2D eigenvalue weighted by Crippen LogP contribution is 2.31. The number of ether oxygens (including phenoxy) is 1. The number of hydrogen-bond acceptors (Lipinski definition) is 6. The molecule has 0 saturated carbocycles. The Morgan fingerprint density at radius 3 is 2.73 bits per heavy atom. The number of cyclic esters (lactones) is 1. The Balaban J connectivity index is 0.00000243. The molecule has 0 aliphatic carbocycles. The van der Waals surface area contributed by atoms with E-state index in [0.29, 0.717) is 32.7 Å². The molecule has 0 unspecified atom stereocenters. The van der Waals surface area contributed by atoms with E-state index in [4.69, 9.17) is 9.57 Å². The number of hydrogen-bond donors (Lipinski definition) is 2. The number of amides is 2. The standard InChI is InChI=1S/C15H18F2N4O4.CH4/c16-12-5-10(21-8-11(7-18-9-22)25-15(21)23)6-13(17)14(12)20-2-1-19-24-4-3-20;/h5-6,9,11,19H,1-4,7-8H2,(H,18,22);1H4/t11-;/m0./s1. The van der Waals surface area contributed by atoms with E-state index >= 15 is 0 Å². The van der Waals surface area contributed by atoms with Gasteiger partial charge in [0.2, 0.25) is 6.41 Å². The van der Waals surface area contributed by atoms with E-state index in [2.05, 4.69) is 10.8 Å². The monoisotopic (exact) mass is 372 g/mol. The zero-order valence-corrected chi connectivity index (χ0v) is 13.3. The molecule has 0 bridgehead atoms. The maximum Gasteiger partial charge on any atom is 0.414 e. The molecule has 2 aliphatic rings. The van der Waals surface area contributed by atoms with Gasteiger partial charge in [-0.15, -0.1) is 0 Å². The summed E-state index contributed by atoms with van der Waals surface area (Å²) >= 11 is 0. The summed E-state index contributed by atoms with van der Waals surface area (Å²) < 4.78 is 34.1. The molecular weight excluding hydrogens is 350 g/mol. The molecule has 144 valence electrons. The fraction of sp³-hybridized carbons (Fsp3) is 0.500. The lowest BCUT2D eigenvalue weighted by atomic mass is 10.2. The van der Waals surface area contributed by atoms with Gasteiger partial charge in [0.1, 0.15) is 11.8 Å². The second-order valence-electron chi connectivity index (χ2n) is 5.63. The average molecular weight is 372 g/mol. The SMILES string of the molecule is C.O=CNC[C@H]1CN(c2cc(F)c(N3CCNOCC3)c(F)c2)C(=O)O1. The summed E-state index contributed by atoms with van der Waals surface area (Å²) in [4.78, 5) is 30.0. The van der Waals surface area contributed by atoms with Gasteiger partial charge in [0, 0.05) is 31.8 Å². The van der Waals surface area contributed by atoms with Gasteiger partial charge in [-0.3, -0.25) is 14.5 Å². The van der Waals surface area contributed by atoms with Crippen LogP contribution >= 0.6 is 0 Å². The maximum absolute atomic E-state index is 14.5. The molecule has 1 atom stereocenters. The first-order valence-corrected chi connectivity index (χ1v) is 7.84. The summed E-state index contributed by atoms with van der Waals surface area (Å²) in [6.07, 6.45) is -0.793. The predicted molar refractivity (Wildman–Crippen MR) is 90.9 cm³/mol. The number of carbonyl (C=O) groups is 2. The lowest BCUT2D eigenvalue weighted by Crippen LogP contribution is -2.31. The first-order chi connectivity index (χ1) is 12.1. The van der Waals surface area contributed by atoms with Crippen LogP contribution in [0.3, 0.4) is 0 Å². The molecule has 26 heavy (non-hydrogen) atoms. The summed E-state index contributed by atoms with van der Waals surface area (Å²) in [5.41, 5.74) is 2.60. The number of nitrogens with zero attached hydrogens (tertiary/aromatic N) is 2. The smallest absolute Gasteiger partial charge is 0.414 e. The van der Waals surface area contributed by atoms with Gasteiger partial charge in [-0.1, -0.05) is 7.43 Å². The van der Waals surface area contributed by atoms with E-state index in [-0.39, 0.29) is 31.9 Å². The van der Waals surface area contributed by atoms with E-state index in [9.17, 15) is 18.4 Å². The molecule has 10 heteroatoms. The van der Waals surface area contributed by atoms with Crippen LogP contribution < -0.4 is 20.6 Å². The van der Waals surface area contributed by atoms with Crippen molar-refractivity contribution in [2.24, 2.45) is 0 Å². The largest absolute Gasteiger partial charge is 0.442 e. The minimum absolute atomic E-state index is 0. The Morgan fingerprint density at radius 1 is 1.31 bits per heavy atom. The van der Waals surface area contributed by atoms with Crippen LogP contribution in [0.1, 0.15) is 7.43 Å². The van der Waals surface area contributed by atoms with Crippen molar-refractivity contribution < 1.29 is 27.9 Å². The molecule has 2 fully saturated rings. The minimum Gasteiger partial charge on any atom is -0.442 e. The van der Waals surface area contributed by atoms with Crippen LogP contribution in [0.25, 0.3) is 0 Å². The molecule has 0 radical (unpaired) electrons. The van der Waals surface area contributed by atoms with Crippen LogP contribution in [-0.4, -0.2) is 57.9 Å². The second-order valence-corrected chi connectivity index (χ2v) is 5.63. The topological polar surface area (TPSA) is 83.1 Å². The fourth-order valence-electron chi connectivity index (χ4n) is 2.84. The lowest BCUT2D eigenvalue weighted by molar-refractivity contribution is -0.109. The van der Waals surface area contributed by atoms with Crippen molar-refractivity contribution in [3.8, 4) is 0 Å². The predicted octanol–water partition coefficient (Wildman–Crippen LogP) is 1.01. The normalized spacial score (nSPS) is 20.2. The first-order valence-electron chi connectivity index (χ1n) is 7.84. The highest BCUT2D eigenvalue weighted by molar-refractivity contribution is 5.90. The fourth-order valence-corrected chi connectivity index (χ4v) is 2.84. The van der Waals surface area contributed by atoms with E-state index in [1.54, 1.807) is 4.90 Å². The Morgan fingerprint density at radius 2 is 2.04 bits per heavy atom. The highest BCUT2D eigenvalue weighted by Gasteiger charge is 2.33. The molecular formula is C16H22F2N4O4. The zero-order chi connectivity index (χ0) is 17.8. The Bertz CT molecular complexity index is 630. The minimum atomic E-state index is -0.765. The summed E-state index contributed by atoms with van der Waals surface area (Å²) in [7, 11) is 0. The first kappa shape index (κ1) is 19.9. The average Bonchev–Trinajstić information content (AvgIpc) is 2.77. The molecule has 2 amide bonds. The maximum atomic E-state index is 14.5. The number of anilines is 2. The van der Waals surface area contributed by atoms with Crippen LogP contribution in [0, 0.1) is 11.6 Å². The molecule has 1 aromatic carbocycles. The molecule has 0 spiro atoms. The van der Waals surface area contributed by atoms with E-state index < -0.39 is 23.8 Å². The summed E-state index contributed by atoms with van der Waals surface area (Å²) in [5, 5.41) is 2.41. The van der Waals surface area contributed by atoms with E-state index in [1.165, 1.54) is 0 Å². The van der Waals surface area contributed by atoms with Gasteiger partial charge in [0.05, 0.1) is 25.4 Å². The Hall–Kier alpha value is -2.46. The van der Waals surface area contributed by atoms with Crippen LogP contribution in [0.15, 0.2) is 12.1 Å². The van der Waals surface area contributed by atoms with Crippen molar-refractivity contribution in [2.75, 3.05) is 49.1 Å². The summed E-state index contributed by atoms with van der Waals surface area (Å²) in [6, 6.07) is 2.21. The molecule has 2 N–H and O–H groups in total. The third-order valence-corrected chi connectivity index (χ3v) is 3.98. The van der Waals surface area contributed by atoms with Gasteiger partial charge in [-0.2, -0.15) is 0 Å². The van der Waals surface area contributed by atoms with Crippen molar-refractivity contribution in [1.82, 2.24) is 10.8 Å². The summed E-state index contributed by atoms with van der Waals surface area (Å²) in [5.74, 6) is -1.53. The van der Waals surface area contributed by atoms with Crippen LogP contribution in [-0.2, 0) is 14.4 Å². The molecule has 2 aliphatic heterocycles. The van der Waals surface area contributed by atoms with Crippen molar-refractivity contribution in [1.29, 1.82) is 0 Å². The van der Waals surface area contributed by atoms with Crippen LogP contribution in [0.2, 0.25) is 0 Å². The number of benzene rings is 1. The van der Waals surface area contributed by atoms with Gasteiger partial charge in [0.15, 0.2) is 11.6 Å². The van der Waals surface area contributed by atoms with Gasteiger partial charge in [-0.05, 0) is 0 Å². The van der Waals surface area contributed by atoms with Crippen LogP contribution in [0.4, 0.5) is 25.0 Å².